The lowest BCUT2D eigenvalue weighted by Gasteiger charge is -2.38. The zero-order valence-corrected chi connectivity index (χ0v) is 17.9. The Balaban J connectivity index is 1.45. The molecule has 0 radical (unpaired) electrons. The maximum Gasteiger partial charge on any atom is 0.227 e. The molecular weight excluding hydrogens is 370 g/mol. The van der Waals surface area contributed by atoms with Gasteiger partial charge in [0.2, 0.25) is 5.91 Å². The van der Waals surface area contributed by atoms with Crippen molar-refractivity contribution in [1.29, 1.82) is 0 Å². The fourth-order valence-electron chi connectivity index (χ4n) is 5.35. The van der Waals surface area contributed by atoms with Crippen molar-refractivity contribution in [2.75, 3.05) is 32.7 Å². The average Bonchev–Trinajstić information content (AvgIpc) is 3.21. The number of hydrogen-bond donors (Lipinski definition) is 2. The number of nitrogens with zero attached hydrogens (tertiary/aromatic N) is 1. The van der Waals surface area contributed by atoms with Gasteiger partial charge in [-0.25, -0.2) is 0 Å². The van der Waals surface area contributed by atoms with Gasteiger partial charge in [-0.3, -0.25) is 4.79 Å². The van der Waals surface area contributed by atoms with E-state index in [0.29, 0.717) is 18.4 Å². The molecule has 0 bridgehead atoms. The number of hydrogen-bond acceptors (Lipinski definition) is 3. The molecule has 2 atom stereocenters. The summed E-state index contributed by atoms with van der Waals surface area (Å²) in [6.07, 6.45) is 16.2. The number of carbonyl (C=O) groups is 1. The Labute approximate surface area is 180 Å². The van der Waals surface area contributed by atoms with Crippen LogP contribution in [0.25, 0.3) is 0 Å². The third kappa shape index (κ3) is 4.60. The number of carbonyl (C=O) groups excluding carboxylic acids is 1. The molecule has 2 heterocycles. The molecule has 0 unspecified atom stereocenters. The zero-order valence-electron chi connectivity index (χ0n) is 17.9. The smallest absolute Gasteiger partial charge is 0.227 e. The first kappa shape index (κ1) is 21.1. The van der Waals surface area contributed by atoms with E-state index < -0.39 is 0 Å². The molecule has 2 saturated heterocycles. The van der Waals surface area contributed by atoms with Gasteiger partial charge in [0.05, 0.1) is 5.92 Å². The van der Waals surface area contributed by atoms with E-state index in [9.17, 15) is 4.79 Å². The third-order valence-corrected chi connectivity index (χ3v) is 7.19. The lowest BCUT2D eigenvalue weighted by Crippen LogP contribution is -2.46. The third-order valence-electron chi connectivity index (χ3n) is 7.19. The first-order valence-electron chi connectivity index (χ1n) is 11.5. The molecule has 0 aromatic heterocycles. The summed E-state index contributed by atoms with van der Waals surface area (Å²) in [5.41, 5.74) is 8.32. The molecule has 1 aliphatic carbocycles. The maximum atomic E-state index is 13.6. The largest absolute Gasteiger partial charge is 0.342 e. The Bertz CT molecular complexity index is 805. The van der Waals surface area contributed by atoms with Gasteiger partial charge < -0.3 is 16.0 Å². The number of nitrogens with two attached hydrogens (primary N) is 1. The van der Waals surface area contributed by atoms with E-state index >= 15 is 0 Å². The SMILES string of the molecule is NCC1=C\C=C\[C@]2(CCC\C=C\1)CNC[C@H]2C(=O)N1CCC(c2ccccc2)CC1. The molecule has 2 fully saturated rings. The van der Waals surface area contributed by atoms with Crippen LogP contribution in [-0.2, 0) is 4.79 Å². The minimum atomic E-state index is -0.0885. The summed E-state index contributed by atoms with van der Waals surface area (Å²) in [5, 5.41) is 3.53. The number of piperidine rings is 1. The monoisotopic (exact) mass is 405 g/mol. The summed E-state index contributed by atoms with van der Waals surface area (Å²) >= 11 is 0. The Kier molecular flexibility index (Phi) is 6.86. The van der Waals surface area contributed by atoms with Crippen LogP contribution in [0.15, 0.2) is 66.3 Å². The van der Waals surface area contributed by atoms with E-state index in [4.69, 9.17) is 5.73 Å². The molecule has 30 heavy (non-hydrogen) atoms. The Hall–Kier alpha value is -2.17. The van der Waals surface area contributed by atoms with Gasteiger partial charge in [-0.05, 0) is 49.2 Å². The highest BCUT2D eigenvalue weighted by molar-refractivity contribution is 5.81. The van der Waals surface area contributed by atoms with Gasteiger partial charge in [0.25, 0.3) is 0 Å². The highest BCUT2D eigenvalue weighted by Gasteiger charge is 2.46. The van der Waals surface area contributed by atoms with Crippen LogP contribution >= 0.6 is 0 Å². The molecule has 4 heteroatoms. The molecule has 3 N–H and O–H groups in total. The predicted octanol–water partition coefficient (Wildman–Crippen LogP) is 3.78. The number of allylic oxidation sites excluding steroid dienone is 3. The standard InChI is InChI=1S/C26H35N3O/c27-18-21-8-3-2-6-14-26(15-7-9-21)20-28-19-24(26)25(30)29-16-12-23(13-17-29)22-10-4-1-5-11-22/h1,3-5,7-11,15,23-24,28H,2,6,12-14,16-20,27H2/b8-3+,15-7+,21-9-/t24-,26+/m0/s1. The van der Waals surface area contributed by atoms with Crippen molar-refractivity contribution in [1.82, 2.24) is 10.2 Å². The van der Waals surface area contributed by atoms with Crippen molar-refractivity contribution in [3.8, 4) is 0 Å². The first-order valence-corrected chi connectivity index (χ1v) is 11.5. The summed E-state index contributed by atoms with van der Waals surface area (Å²) in [7, 11) is 0. The zero-order chi connectivity index (χ0) is 20.8. The van der Waals surface area contributed by atoms with Gasteiger partial charge >= 0.3 is 0 Å². The predicted molar refractivity (Wildman–Crippen MR) is 123 cm³/mol. The van der Waals surface area contributed by atoms with Crippen molar-refractivity contribution >= 4 is 5.91 Å². The van der Waals surface area contributed by atoms with Crippen LogP contribution in [-0.4, -0.2) is 43.5 Å². The Morgan fingerprint density at radius 2 is 2.00 bits per heavy atom. The van der Waals surface area contributed by atoms with Crippen LogP contribution in [0.1, 0.15) is 43.6 Å². The lowest BCUT2D eigenvalue weighted by molar-refractivity contribution is -0.138. The summed E-state index contributed by atoms with van der Waals surface area (Å²) in [6.45, 7) is 3.95. The number of amides is 1. The summed E-state index contributed by atoms with van der Waals surface area (Å²) in [5.74, 6) is 0.943. The molecule has 1 aromatic carbocycles. The van der Waals surface area contributed by atoms with E-state index in [1.165, 1.54) is 5.56 Å². The van der Waals surface area contributed by atoms with Crippen LogP contribution < -0.4 is 11.1 Å². The number of benzene rings is 1. The topological polar surface area (TPSA) is 58.4 Å². The molecule has 160 valence electrons. The van der Waals surface area contributed by atoms with E-state index in [-0.39, 0.29) is 11.3 Å². The fraction of sp³-hybridized carbons (Fsp3) is 0.500. The van der Waals surface area contributed by atoms with Gasteiger partial charge in [-0.15, -0.1) is 0 Å². The van der Waals surface area contributed by atoms with Crippen LogP contribution in [0, 0.1) is 11.3 Å². The Morgan fingerprint density at radius 1 is 1.20 bits per heavy atom. The van der Waals surface area contributed by atoms with E-state index in [2.05, 4.69) is 70.9 Å². The molecule has 0 saturated carbocycles. The lowest BCUT2D eigenvalue weighted by atomic mass is 9.72. The van der Waals surface area contributed by atoms with E-state index in [1.54, 1.807) is 0 Å². The van der Waals surface area contributed by atoms with Crippen molar-refractivity contribution in [3.05, 3.63) is 71.8 Å². The minimum Gasteiger partial charge on any atom is -0.342 e. The molecule has 3 aliphatic rings. The van der Waals surface area contributed by atoms with Gasteiger partial charge in [0.1, 0.15) is 0 Å². The van der Waals surface area contributed by atoms with E-state index in [0.717, 1.165) is 63.9 Å². The maximum absolute atomic E-state index is 13.6. The summed E-state index contributed by atoms with van der Waals surface area (Å²) < 4.78 is 0. The van der Waals surface area contributed by atoms with Gasteiger partial charge in [0, 0.05) is 38.1 Å². The first-order chi connectivity index (χ1) is 14.7. The average molecular weight is 406 g/mol. The van der Waals surface area contributed by atoms with E-state index in [1.807, 2.05) is 0 Å². The number of nitrogens with one attached hydrogen (secondary N) is 1. The second-order valence-electron chi connectivity index (χ2n) is 9.03. The molecule has 1 aromatic rings. The van der Waals surface area contributed by atoms with Crippen LogP contribution in [0.5, 0.6) is 0 Å². The number of likely N-dealkylation sites (tertiary alicyclic amines) is 1. The highest BCUT2D eigenvalue weighted by atomic mass is 16.2. The van der Waals surface area contributed by atoms with Crippen LogP contribution in [0.4, 0.5) is 0 Å². The van der Waals surface area contributed by atoms with Crippen LogP contribution in [0.2, 0.25) is 0 Å². The molecular formula is C26H35N3O. The van der Waals surface area contributed by atoms with Crippen LogP contribution in [0.3, 0.4) is 0 Å². The molecule has 1 spiro atoms. The summed E-state index contributed by atoms with van der Waals surface area (Å²) in [4.78, 5) is 15.7. The molecule has 4 rings (SSSR count). The fourth-order valence-corrected chi connectivity index (χ4v) is 5.35. The Morgan fingerprint density at radius 3 is 2.77 bits per heavy atom. The van der Waals surface area contributed by atoms with Crippen molar-refractivity contribution in [3.63, 3.8) is 0 Å². The number of rotatable bonds is 3. The second kappa shape index (κ2) is 9.76. The highest BCUT2D eigenvalue weighted by Crippen LogP contribution is 2.41. The quantitative estimate of drug-likeness (QED) is 0.805. The second-order valence-corrected chi connectivity index (χ2v) is 9.03. The van der Waals surface area contributed by atoms with Gasteiger partial charge in [-0.1, -0.05) is 60.7 Å². The van der Waals surface area contributed by atoms with Crippen molar-refractivity contribution < 1.29 is 4.79 Å². The van der Waals surface area contributed by atoms with Crippen molar-refractivity contribution in [2.24, 2.45) is 17.1 Å². The van der Waals surface area contributed by atoms with Gasteiger partial charge in [0.15, 0.2) is 0 Å². The van der Waals surface area contributed by atoms with Crippen molar-refractivity contribution in [2.45, 2.75) is 38.0 Å². The minimum absolute atomic E-state index is 0.0279. The molecule has 2 aliphatic heterocycles. The molecule has 4 nitrogen and oxygen atoms in total. The molecule has 1 amide bonds. The summed E-state index contributed by atoms with van der Waals surface area (Å²) in [6, 6.07) is 10.8. The van der Waals surface area contributed by atoms with Gasteiger partial charge in [-0.2, -0.15) is 0 Å². The normalized spacial score (nSPS) is 31.8.